The van der Waals surface area contributed by atoms with E-state index in [1.165, 1.54) is 12.1 Å². The molecule has 2 rings (SSSR count). The van der Waals surface area contributed by atoms with Crippen molar-refractivity contribution in [3.05, 3.63) is 29.6 Å². The SMILES string of the molecule is CCC1(C)C[C@@H](N)c2ccc(F)cc2O1. The van der Waals surface area contributed by atoms with Gasteiger partial charge in [-0.25, -0.2) is 4.39 Å². The summed E-state index contributed by atoms with van der Waals surface area (Å²) in [6.45, 7) is 4.07. The van der Waals surface area contributed by atoms with E-state index >= 15 is 0 Å². The van der Waals surface area contributed by atoms with Gasteiger partial charge in [0.2, 0.25) is 0 Å². The molecule has 1 aliphatic rings. The number of fused-ring (bicyclic) bond motifs is 1. The molecule has 2 atom stereocenters. The molecule has 15 heavy (non-hydrogen) atoms. The predicted octanol–water partition coefficient (Wildman–Crippen LogP) is 2.78. The van der Waals surface area contributed by atoms with Gasteiger partial charge in [-0.2, -0.15) is 0 Å². The molecular weight excluding hydrogens is 193 g/mol. The number of hydrogen-bond donors (Lipinski definition) is 1. The van der Waals surface area contributed by atoms with Crippen molar-refractivity contribution in [3.63, 3.8) is 0 Å². The van der Waals surface area contributed by atoms with Crippen LogP contribution in [0.2, 0.25) is 0 Å². The van der Waals surface area contributed by atoms with Crippen LogP contribution in [-0.2, 0) is 0 Å². The van der Waals surface area contributed by atoms with Crippen molar-refractivity contribution in [1.82, 2.24) is 0 Å². The van der Waals surface area contributed by atoms with E-state index in [4.69, 9.17) is 10.5 Å². The highest BCUT2D eigenvalue weighted by Crippen LogP contribution is 2.39. The second-order valence-electron chi connectivity index (χ2n) is 4.40. The first kappa shape index (κ1) is 10.4. The molecule has 82 valence electrons. The Kier molecular flexibility index (Phi) is 2.43. The van der Waals surface area contributed by atoms with Crippen LogP contribution in [0.5, 0.6) is 5.75 Å². The number of nitrogens with two attached hydrogens (primary N) is 1. The summed E-state index contributed by atoms with van der Waals surface area (Å²) in [6, 6.07) is 4.50. The van der Waals surface area contributed by atoms with E-state index < -0.39 is 0 Å². The Bertz CT molecular complexity index is 380. The summed E-state index contributed by atoms with van der Waals surface area (Å²) in [4.78, 5) is 0. The normalized spacial score (nSPS) is 29.5. The molecule has 0 aromatic heterocycles. The zero-order valence-corrected chi connectivity index (χ0v) is 9.09. The first-order chi connectivity index (χ1) is 7.04. The maximum absolute atomic E-state index is 13.1. The van der Waals surface area contributed by atoms with Crippen LogP contribution in [0.25, 0.3) is 0 Å². The molecule has 0 amide bonds. The molecule has 0 fully saturated rings. The van der Waals surface area contributed by atoms with Crippen molar-refractivity contribution in [2.24, 2.45) is 5.73 Å². The lowest BCUT2D eigenvalue weighted by Crippen LogP contribution is -2.39. The van der Waals surface area contributed by atoms with Gasteiger partial charge in [-0.05, 0) is 19.4 Å². The van der Waals surface area contributed by atoms with Crippen molar-refractivity contribution in [2.75, 3.05) is 0 Å². The summed E-state index contributed by atoms with van der Waals surface area (Å²) < 4.78 is 18.9. The van der Waals surface area contributed by atoms with Gasteiger partial charge in [0.05, 0.1) is 0 Å². The minimum atomic E-state index is -0.277. The average Bonchev–Trinajstić information content (AvgIpc) is 2.16. The average molecular weight is 209 g/mol. The monoisotopic (exact) mass is 209 g/mol. The Morgan fingerprint density at radius 1 is 1.60 bits per heavy atom. The smallest absolute Gasteiger partial charge is 0.127 e. The third-order valence-electron chi connectivity index (χ3n) is 3.13. The lowest BCUT2D eigenvalue weighted by Gasteiger charge is -2.38. The molecule has 0 radical (unpaired) electrons. The van der Waals surface area contributed by atoms with Crippen LogP contribution in [0.1, 0.15) is 38.3 Å². The number of ether oxygens (including phenoxy) is 1. The quantitative estimate of drug-likeness (QED) is 0.771. The highest BCUT2D eigenvalue weighted by Gasteiger charge is 2.34. The predicted molar refractivity (Wildman–Crippen MR) is 57.3 cm³/mol. The van der Waals surface area contributed by atoms with Gasteiger partial charge in [0.1, 0.15) is 17.2 Å². The number of halogens is 1. The van der Waals surface area contributed by atoms with Crippen molar-refractivity contribution in [3.8, 4) is 5.75 Å². The maximum Gasteiger partial charge on any atom is 0.127 e. The van der Waals surface area contributed by atoms with Crippen molar-refractivity contribution in [2.45, 2.75) is 38.3 Å². The Morgan fingerprint density at radius 3 is 3.00 bits per heavy atom. The third-order valence-corrected chi connectivity index (χ3v) is 3.13. The highest BCUT2D eigenvalue weighted by molar-refractivity contribution is 5.39. The summed E-state index contributed by atoms with van der Waals surface area (Å²) in [5.74, 6) is 0.319. The van der Waals surface area contributed by atoms with Gasteiger partial charge in [-0.3, -0.25) is 0 Å². The van der Waals surface area contributed by atoms with Gasteiger partial charge in [0, 0.05) is 24.1 Å². The molecule has 3 heteroatoms. The maximum atomic E-state index is 13.1. The first-order valence-corrected chi connectivity index (χ1v) is 5.28. The van der Waals surface area contributed by atoms with Crippen LogP contribution < -0.4 is 10.5 Å². The molecule has 0 saturated carbocycles. The Morgan fingerprint density at radius 2 is 2.33 bits per heavy atom. The van der Waals surface area contributed by atoms with Gasteiger partial charge in [0.15, 0.2) is 0 Å². The molecule has 1 aromatic carbocycles. The fraction of sp³-hybridized carbons (Fsp3) is 0.500. The molecule has 2 nitrogen and oxygen atoms in total. The fourth-order valence-electron chi connectivity index (χ4n) is 2.00. The number of rotatable bonds is 1. The third kappa shape index (κ3) is 1.84. The summed E-state index contributed by atoms with van der Waals surface area (Å²) in [6.07, 6.45) is 1.65. The van der Waals surface area contributed by atoms with Crippen LogP contribution in [0, 0.1) is 5.82 Å². The Balaban J connectivity index is 2.41. The van der Waals surface area contributed by atoms with E-state index in [1.807, 2.05) is 6.92 Å². The summed E-state index contributed by atoms with van der Waals surface area (Å²) in [5.41, 5.74) is 6.69. The molecule has 1 aromatic rings. The van der Waals surface area contributed by atoms with E-state index in [0.717, 1.165) is 18.4 Å². The molecule has 0 saturated heterocycles. The minimum absolute atomic E-state index is 0.0562. The van der Waals surface area contributed by atoms with Gasteiger partial charge in [-0.15, -0.1) is 0 Å². The molecule has 2 N–H and O–H groups in total. The van der Waals surface area contributed by atoms with E-state index in [1.54, 1.807) is 6.07 Å². The fourth-order valence-corrected chi connectivity index (χ4v) is 2.00. The molecule has 0 aliphatic carbocycles. The number of benzene rings is 1. The van der Waals surface area contributed by atoms with Crippen LogP contribution in [-0.4, -0.2) is 5.60 Å². The van der Waals surface area contributed by atoms with Gasteiger partial charge in [0.25, 0.3) is 0 Å². The zero-order chi connectivity index (χ0) is 11.1. The van der Waals surface area contributed by atoms with E-state index in [9.17, 15) is 4.39 Å². The molecule has 0 spiro atoms. The number of hydrogen-bond acceptors (Lipinski definition) is 2. The van der Waals surface area contributed by atoms with E-state index in [0.29, 0.717) is 5.75 Å². The summed E-state index contributed by atoms with van der Waals surface area (Å²) in [7, 11) is 0. The van der Waals surface area contributed by atoms with Gasteiger partial charge in [-0.1, -0.05) is 13.0 Å². The zero-order valence-electron chi connectivity index (χ0n) is 9.09. The first-order valence-electron chi connectivity index (χ1n) is 5.28. The Labute approximate surface area is 89.2 Å². The van der Waals surface area contributed by atoms with Crippen molar-refractivity contribution >= 4 is 0 Å². The molecular formula is C12H16FNO. The van der Waals surface area contributed by atoms with Gasteiger partial charge < -0.3 is 10.5 Å². The molecule has 1 aliphatic heterocycles. The molecule has 0 bridgehead atoms. The van der Waals surface area contributed by atoms with Crippen LogP contribution in [0.3, 0.4) is 0 Å². The Hall–Kier alpha value is -1.09. The molecule has 1 unspecified atom stereocenters. The topological polar surface area (TPSA) is 35.2 Å². The summed E-state index contributed by atoms with van der Waals surface area (Å²) in [5, 5.41) is 0. The van der Waals surface area contributed by atoms with Crippen LogP contribution in [0.15, 0.2) is 18.2 Å². The standard InChI is InChI=1S/C12H16FNO/c1-3-12(2)7-10(14)9-5-4-8(13)6-11(9)15-12/h4-6,10H,3,7,14H2,1-2H3/t10-,12?/m1/s1. The van der Waals surface area contributed by atoms with E-state index in [2.05, 4.69) is 6.92 Å². The molecule has 1 heterocycles. The van der Waals surface area contributed by atoms with Crippen LogP contribution >= 0.6 is 0 Å². The van der Waals surface area contributed by atoms with Crippen LogP contribution in [0.4, 0.5) is 4.39 Å². The largest absolute Gasteiger partial charge is 0.487 e. The minimum Gasteiger partial charge on any atom is -0.487 e. The van der Waals surface area contributed by atoms with Crippen molar-refractivity contribution < 1.29 is 9.13 Å². The van der Waals surface area contributed by atoms with Gasteiger partial charge >= 0.3 is 0 Å². The second-order valence-corrected chi connectivity index (χ2v) is 4.40. The second kappa shape index (κ2) is 3.49. The highest BCUT2D eigenvalue weighted by atomic mass is 19.1. The van der Waals surface area contributed by atoms with E-state index in [-0.39, 0.29) is 17.5 Å². The van der Waals surface area contributed by atoms with Crippen molar-refractivity contribution in [1.29, 1.82) is 0 Å². The lowest BCUT2D eigenvalue weighted by molar-refractivity contribution is 0.0499. The summed E-state index contributed by atoms with van der Waals surface area (Å²) >= 11 is 0. The lowest BCUT2D eigenvalue weighted by atomic mass is 9.87.